The summed E-state index contributed by atoms with van der Waals surface area (Å²) < 4.78 is 5.73. The summed E-state index contributed by atoms with van der Waals surface area (Å²) in [4.78, 5) is 0. The summed E-state index contributed by atoms with van der Waals surface area (Å²) in [7, 11) is 0. The highest BCUT2D eigenvalue weighted by Crippen LogP contribution is 2.29. The molecule has 1 aliphatic heterocycles. The first kappa shape index (κ1) is 14.7. The van der Waals surface area contributed by atoms with Crippen LogP contribution in [0.2, 0.25) is 0 Å². The van der Waals surface area contributed by atoms with E-state index < -0.39 is 0 Å². The first-order valence-electron chi connectivity index (χ1n) is 7.62. The summed E-state index contributed by atoms with van der Waals surface area (Å²) in [6.45, 7) is 1.69. The van der Waals surface area contributed by atoms with Crippen molar-refractivity contribution in [1.29, 1.82) is 0 Å². The summed E-state index contributed by atoms with van der Waals surface area (Å²) >= 11 is 0. The van der Waals surface area contributed by atoms with Crippen molar-refractivity contribution in [2.75, 3.05) is 13.2 Å². The number of aromatic hydroxyl groups is 2. The number of rotatable bonds is 5. The molecule has 0 amide bonds. The van der Waals surface area contributed by atoms with Gasteiger partial charge in [-0.3, -0.25) is 0 Å². The van der Waals surface area contributed by atoms with Gasteiger partial charge >= 0.3 is 0 Å². The van der Waals surface area contributed by atoms with Crippen LogP contribution in [-0.4, -0.2) is 29.4 Å². The van der Waals surface area contributed by atoms with E-state index in [1.54, 1.807) is 36.4 Å². The van der Waals surface area contributed by atoms with Gasteiger partial charge in [-0.1, -0.05) is 12.1 Å². The Kier molecular flexibility index (Phi) is 4.49. The SMILES string of the molecule is Oc1ccc(-c2[c]c(OCCC3CCCN3)cc(O)c2)cc1. The first-order valence-corrected chi connectivity index (χ1v) is 7.62. The van der Waals surface area contributed by atoms with Crippen LogP contribution in [0.4, 0.5) is 0 Å². The van der Waals surface area contributed by atoms with E-state index in [1.165, 1.54) is 12.8 Å². The summed E-state index contributed by atoms with van der Waals surface area (Å²) in [6, 6.07) is 13.7. The molecule has 0 aliphatic carbocycles. The van der Waals surface area contributed by atoms with Crippen LogP contribution < -0.4 is 10.1 Å². The fourth-order valence-electron chi connectivity index (χ4n) is 2.72. The number of phenols is 2. The van der Waals surface area contributed by atoms with E-state index in [1.807, 2.05) is 0 Å². The van der Waals surface area contributed by atoms with Crippen LogP contribution in [0.3, 0.4) is 0 Å². The number of nitrogens with one attached hydrogen (secondary N) is 1. The quantitative estimate of drug-likeness (QED) is 0.794. The van der Waals surface area contributed by atoms with E-state index in [4.69, 9.17) is 4.74 Å². The van der Waals surface area contributed by atoms with Gasteiger partial charge in [-0.15, -0.1) is 0 Å². The Labute approximate surface area is 130 Å². The van der Waals surface area contributed by atoms with Gasteiger partial charge in [0.2, 0.25) is 0 Å². The molecule has 1 aliphatic rings. The van der Waals surface area contributed by atoms with E-state index in [0.717, 1.165) is 24.1 Å². The van der Waals surface area contributed by atoms with Gasteiger partial charge in [-0.05, 0) is 55.1 Å². The zero-order valence-corrected chi connectivity index (χ0v) is 12.4. The van der Waals surface area contributed by atoms with Gasteiger partial charge in [0.05, 0.1) is 6.61 Å². The molecular formula is C18H20NO3. The van der Waals surface area contributed by atoms with E-state index in [2.05, 4.69) is 11.4 Å². The van der Waals surface area contributed by atoms with Crippen molar-refractivity contribution in [2.24, 2.45) is 0 Å². The highest BCUT2D eigenvalue weighted by Gasteiger charge is 2.13. The number of phenolic OH excluding ortho intramolecular Hbond substituents is 2. The summed E-state index contributed by atoms with van der Waals surface area (Å²) in [5, 5.41) is 22.6. The Morgan fingerprint density at radius 1 is 1.14 bits per heavy atom. The number of benzene rings is 2. The van der Waals surface area contributed by atoms with Gasteiger partial charge in [0.25, 0.3) is 0 Å². The van der Waals surface area contributed by atoms with E-state index in [-0.39, 0.29) is 11.5 Å². The molecule has 1 fully saturated rings. The van der Waals surface area contributed by atoms with Crippen LogP contribution >= 0.6 is 0 Å². The maximum Gasteiger partial charge on any atom is 0.131 e. The molecule has 1 heterocycles. The van der Waals surface area contributed by atoms with Crippen molar-refractivity contribution in [3.63, 3.8) is 0 Å². The van der Waals surface area contributed by atoms with Crippen molar-refractivity contribution in [3.8, 4) is 28.4 Å². The second kappa shape index (κ2) is 6.71. The molecule has 0 bridgehead atoms. The molecule has 4 heteroatoms. The number of hydrogen-bond acceptors (Lipinski definition) is 4. The summed E-state index contributed by atoms with van der Waals surface area (Å²) in [5.41, 5.74) is 1.62. The van der Waals surface area contributed by atoms with Crippen LogP contribution in [0.15, 0.2) is 36.4 Å². The highest BCUT2D eigenvalue weighted by molar-refractivity contribution is 5.66. The Morgan fingerprint density at radius 2 is 1.95 bits per heavy atom. The lowest BCUT2D eigenvalue weighted by atomic mass is 10.0. The van der Waals surface area contributed by atoms with Crippen molar-refractivity contribution in [3.05, 3.63) is 42.5 Å². The molecule has 0 aromatic heterocycles. The number of ether oxygens (including phenoxy) is 1. The normalized spacial score (nSPS) is 17.5. The molecule has 1 saturated heterocycles. The molecular weight excluding hydrogens is 278 g/mol. The minimum Gasteiger partial charge on any atom is -0.508 e. The zero-order valence-electron chi connectivity index (χ0n) is 12.4. The fraction of sp³-hybridized carbons (Fsp3) is 0.333. The first-order chi connectivity index (χ1) is 10.7. The van der Waals surface area contributed by atoms with Gasteiger partial charge in [0, 0.05) is 18.2 Å². The average molecular weight is 298 g/mol. The minimum atomic E-state index is 0.149. The van der Waals surface area contributed by atoms with Gasteiger partial charge in [0.15, 0.2) is 0 Å². The van der Waals surface area contributed by atoms with E-state index in [9.17, 15) is 10.2 Å². The van der Waals surface area contributed by atoms with Crippen molar-refractivity contribution >= 4 is 0 Å². The van der Waals surface area contributed by atoms with E-state index >= 15 is 0 Å². The van der Waals surface area contributed by atoms with E-state index in [0.29, 0.717) is 18.4 Å². The topological polar surface area (TPSA) is 61.7 Å². The number of hydrogen-bond donors (Lipinski definition) is 3. The monoisotopic (exact) mass is 298 g/mol. The molecule has 1 radical (unpaired) electrons. The van der Waals surface area contributed by atoms with Crippen molar-refractivity contribution < 1.29 is 14.9 Å². The largest absolute Gasteiger partial charge is 0.508 e. The molecule has 22 heavy (non-hydrogen) atoms. The molecule has 0 saturated carbocycles. The molecule has 3 N–H and O–H groups in total. The molecule has 2 aromatic rings. The highest BCUT2D eigenvalue weighted by atomic mass is 16.5. The maximum absolute atomic E-state index is 9.86. The van der Waals surface area contributed by atoms with Gasteiger partial charge in [-0.25, -0.2) is 0 Å². The standard InChI is InChI=1S/C18H20NO3/c20-16-5-3-13(4-6-16)14-10-17(21)12-18(11-14)22-9-7-15-2-1-8-19-15/h3-6,10,12,15,19-21H,1-2,7-9H2. The van der Waals surface area contributed by atoms with Crippen molar-refractivity contribution in [1.82, 2.24) is 5.32 Å². The lowest BCUT2D eigenvalue weighted by Gasteiger charge is -2.12. The van der Waals surface area contributed by atoms with Gasteiger partial charge < -0.3 is 20.3 Å². The molecule has 2 aromatic carbocycles. The van der Waals surface area contributed by atoms with Crippen LogP contribution in [0.5, 0.6) is 17.2 Å². The summed E-state index contributed by atoms with van der Waals surface area (Å²) in [6.07, 6.45) is 3.39. The molecule has 4 nitrogen and oxygen atoms in total. The predicted molar refractivity (Wildman–Crippen MR) is 85.2 cm³/mol. The Morgan fingerprint density at radius 3 is 2.68 bits per heavy atom. The third-order valence-corrected chi connectivity index (χ3v) is 3.89. The fourth-order valence-corrected chi connectivity index (χ4v) is 2.72. The Bertz CT molecular complexity index is 619. The molecule has 3 rings (SSSR count). The Hall–Kier alpha value is -2.20. The van der Waals surface area contributed by atoms with Gasteiger partial charge in [0.1, 0.15) is 17.2 Å². The summed E-state index contributed by atoms with van der Waals surface area (Å²) in [5.74, 6) is 0.904. The van der Waals surface area contributed by atoms with Crippen molar-refractivity contribution in [2.45, 2.75) is 25.3 Å². The second-order valence-electron chi connectivity index (χ2n) is 5.59. The Balaban J connectivity index is 1.67. The molecule has 1 atom stereocenters. The van der Waals surface area contributed by atoms with Crippen LogP contribution in [0, 0.1) is 6.07 Å². The third kappa shape index (κ3) is 3.71. The van der Waals surface area contributed by atoms with Gasteiger partial charge in [-0.2, -0.15) is 0 Å². The maximum atomic E-state index is 9.86. The third-order valence-electron chi connectivity index (χ3n) is 3.89. The molecule has 0 spiro atoms. The predicted octanol–water partition coefficient (Wildman–Crippen LogP) is 3.09. The zero-order chi connectivity index (χ0) is 15.4. The van der Waals surface area contributed by atoms with Crippen LogP contribution in [0.1, 0.15) is 19.3 Å². The molecule has 115 valence electrons. The smallest absolute Gasteiger partial charge is 0.131 e. The van der Waals surface area contributed by atoms with Crippen LogP contribution in [0.25, 0.3) is 11.1 Å². The average Bonchev–Trinajstić information content (AvgIpc) is 3.01. The minimum absolute atomic E-state index is 0.149. The second-order valence-corrected chi connectivity index (χ2v) is 5.59. The lowest BCUT2D eigenvalue weighted by Crippen LogP contribution is -2.23. The molecule has 1 unspecified atom stereocenters. The lowest BCUT2D eigenvalue weighted by molar-refractivity contribution is 0.290. The van der Waals surface area contributed by atoms with Crippen LogP contribution in [-0.2, 0) is 0 Å².